The van der Waals surface area contributed by atoms with E-state index in [1.54, 1.807) is 19.1 Å². The van der Waals surface area contributed by atoms with Gasteiger partial charge in [0.15, 0.2) is 0 Å². The highest BCUT2D eigenvalue weighted by molar-refractivity contribution is 7.85. The normalized spacial score (nSPS) is 13.9. The second-order valence-corrected chi connectivity index (χ2v) is 5.85. The lowest BCUT2D eigenvalue weighted by molar-refractivity contribution is -0.120. The van der Waals surface area contributed by atoms with Crippen molar-refractivity contribution >= 4 is 16.7 Å². The summed E-state index contributed by atoms with van der Waals surface area (Å²) in [5, 5.41) is 2.12. The molecule has 1 amide bonds. The lowest BCUT2D eigenvalue weighted by atomic mass is 10.2. The molecule has 3 nitrogen and oxygen atoms in total. The Morgan fingerprint density at radius 2 is 2.22 bits per heavy atom. The average molecular weight is 271 g/mol. The molecule has 100 valence electrons. The molecule has 0 radical (unpaired) electrons. The smallest absolute Gasteiger partial charge is 0.235 e. The van der Waals surface area contributed by atoms with Gasteiger partial charge in [-0.2, -0.15) is 0 Å². The maximum atomic E-state index is 13.0. The minimum Gasteiger partial charge on any atom is -0.355 e. The number of carbonyl (C=O) groups excluding carboxylic acids is 1. The van der Waals surface area contributed by atoms with E-state index >= 15 is 0 Å². The van der Waals surface area contributed by atoms with Crippen LogP contribution in [-0.4, -0.2) is 21.9 Å². The first-order valence-corrected chi connectivity index (χ1v) is 7.32. The van der Waals surface area contributed by atoms with Crippen molar-refractivity contribution in [2.75, 3.05) is 6.54 Å². The zero-order chi connectivity index (χ0) is 13.5. The monoisotopic (exact) mass is 271 g/mol. The van der Waals surface area contributed by atoms with Gasteiger partial charge in [-0.1, -0.05) is 19.1 Å². The molecule has 0 spiro atoms. The van der Waals surface area contributed by atoms with E-state index in [1.165, 1.54) is 12.1 Å². The van der Waals surface area contributed by atoms with Crippen LogP contribution in [0.5, 0.6) is 0 Å². The molecule has 0 bridgehead atoms. The van der Waals surface area contributed by atoms with Crippen LogP contribution in [0.3, 0.4) is 0 Å². The van der Waals surface area contributed by atoms with Crippen LogP contribution >= 0.6 is 0 Å². The zero-order valence-corrected chi connectivity index (χ0v) is 11.4. The van der Waals surface area contributed by atoms with Gasteiger partial charge in [-0.05, 0) is 31.0 Å². The van der Waals surface area contributed by atoms with E-state index in [0.717, 1.165) is 6.42 Å². The van der Waals surface area contributed by atoms with Gasteiger partial charge in [-0.25, -0.2) is 4.39 Å². The van der Waals surface area contributed by atoms with E-state index in [2.05, 4.69) is 5.32 Å². The summed E-state index contributed by atoms with van der Waals surface area (Å²) in [6.07, 6.45) is 0.842. The standard InChI is InChI=1S/C13H18FNO2S/c1-3-7-15-13(16)10(2)18(17)9-11-5-4-6-12(14)8-11/h4-6,8,10H,3,7,9H2,1-2H3,(H,15,16)/t10-,18+/m1/s1. The minimum absolute atomic E-state index is 0.193. The van der Waals surface area contributed by atoms with Crippen LogP contribution in [-0.2, 0) is 21.3 Å². The highest BCUT2D eigenvalue weighted by Gasteiger charge is 2.19. The number of amides is 1. The molecule has 0 unspecified atom stereocenters. The molecule has 0 aliphatic rings. The summed E-state index contributed by atoms with van der Waals surface area (Å²) in [5.41, 5.74) is 0.642. The first-order chi connectivity index (χ1) is 8.54. The molecule has 1 aromatic carbocycles. The van der Waals surface area contributed by atoms with Crippen LogP contribution in [0, 0.1) is 5.82 Å². The third-order valence-corrected chi connectivity index (χ3v) is 4.13. The largest absolute Gasteiger partial charge is 0.355 e. The van der Waals surface area contributed by atoms with E-state index in [9.17, 15) is 13.4 Å². The van der Waals surface area contributed by atoms with Crippen molar-refractivity contribution in [2.45, 2.75) is 31.3 Å². The molecule has 0 aliphatic heterocycles. The Labute approximate surface area is 109 Å². The number of hydrogen-bond donors (Lipinski definition) is 1. The zero-order valence-electron chi connectivity index (χ0n) is 10.6. The van der Waals surface area contributed by atoms with Crippen molar-refractivity contribution in [3.8, 4) is 0 Å². The molecule has 1 aromatic rings. The fourth-order valence-electron chi connectivity index (χ4n) is 1.43. The van der Waals surface area contributed by atoms with Gasteiger partial charge >= 0.3 is 0 Å². The van der Waals surface area contributed by atoms with Gasteiger partial charge in [0, 0.05) is 23.1 Å². The second-order valence-electron chi connectivity index (χ2n) is 4.09. The maximum Gasteiger partial charge on any atom is 0.235 e. The van der Waals surface area contributed by atoms with Crippen LogP contribution in [0.2, 0.25) is 0 Å². The summed E-state index contributed by atoms with van der Waals surface area (Å²) >= 11 is 0. The molecule has 0 heterocycles. The van der Waals surface area contributed by atoms with Gasteiger partial charge in [0.2, 0.25) is 5.91 Å². The summed E-state index contributed by atoms with van der Waals surface area (Å²) < 4.78 is 24.9. The minimum atomic E-state index is -1.34. The fraction of sp³-hybridized carbons (Fsp3) is 0.462. The molecule has 2 atom stereocenters. The van der Waals surface area contributed by atoms with E-state index < -0.39 is 16.0 Å². The number of nitrogens with one attached hydrogen (secondary N) is 1. The first kappa shape index (κ1) is 14.8. The lowest BCUT2D eigenvalue weighted by Gasteiger charge is -2.11. The van der Waals surface area contributed by atoms with Gasteiger partial charge in [-0.3, -0.25) is 9.00 Å². The number of rotatable bonds is 6. The number of halogens is 1. The van der Waals surface area contributed by atoms with Crippen LogP contribution in [0.4, 0.5) is 4.39 Å². The SMILES string of the molecule is CCCNC(=O)[C@@H](C)[S@@](=O)Cc1cccc(F)c1. The van der Waals surface area contributed by atoms with Gasteiger partial charge in [0.25, 0.3) is 0 Å². The molecule has 0 aromatic heterocycles. The third kappa shape index (κ3) is 4.56. The van der Waals surface area contributed by atoms with Gasteiger partial charge in [-0.15, -0.1) is 0 Å². The Kier molecular flexibility index (Phi) is 5.98. The lowest BCUT2D eigenvalue weighted by Crippen LogP contribution is -2.36. The van der Waals surface area contributed by atoms with Crippen molar-refractivity contribution < 1.29 is 13.4 Å². The van der Waals surface area contributed by atoms with Crippen LogP contribution in [0.15, 0.2) is 24.3 Å². The maximum absolute atomic E-state index is 13.0. The first-order valence-electron chi connectivity index (χ1n) is 5.94. The molecule has 0 saturated carbocycles. The van der Waals surface area contributed by atoms with E-state index in [0.29, 0.717) is 12.1 Å². The van der Waals surface area contributed by atoms with Gasteiger partial charge in [0.05, 0.1) is 0 Å². The fourth-order valence-corrected chi connectivity index (χ4v) is 2.51. The van der Waals surface area contributed by atoms with Crippen LogP contribution < -0.4 is 5.32 Å². The molecular formula is C13H18FNO2S. The molecule has 0 aliphatic carbocycles. The van der Waals surface area contributed by atoms with Gasteiger partial charge in [0.1, 0.15) is 11.1 Å². The summed E-state index contributed by atoms with van der Waals surface area (Å²) in [5.74, 6) is -0.377. The molecule has 18 heavy (non-hydrogen) atoms. The summed E-state index contributed by atoms with van der Waals surface area (Å²) in [6.45, 7) is 4.16. The number of hydrogen-bond acceptors (Lipinski definition) is 2. The summed E-state index contributed by atoms with van der Waals surface area (Å²) in [4.78, 5) is 11.6. The Morgan fingerprint density at radius 3 is 2.83 bits per heavy atom. The Balaban J connectivity index is 2.57. The van der Waals surface area contributed by atoms with Crippen LogP contribution in [0.25, 0.3) is 0 Å². The Morgan fingerprint density at radius 1 is 1.50 bits per heavy atom. The van der Waals surface area contributed by atoms with E-state index in [4.69, 9.17) is 0 Å². The summed E-state index contributed by atoms with van der Waals surface area (Å²) in [6, 6.07) is 5.96. The third-order valence-electron chi connectivity index (χ3n) is 2.51. The topological polar surface area (TPSA) is 46.2 Å². The van der Waals surface area contributed by atoms with Crippen molar-refractivity contribution in [3.63, 3.8) is 0 Å². The highest BCUT2D eigenvalue weighted by atomic mass is 32.2. The van der Waals surface area contributed by atoms with E-state index in [-0.39, 0.29) is 17.5 Å². The van der Waals surface area contributed by atoms with Crippen LogP contribution in [0.1, 0.15) is 25.8 Å². The number of carbonyl (C=O) groups is 1. The van der Waals surface area contributed by atoms with Gasteiger partial charge < -0.3 is 5.32 Å². The van der Waals surface area contributed by atoms with Crippen molar-refractivity contribution in [3.05, 3.63) is 35.6 Å². The molecule has 5 heteroatoms. The van der Waals surface area contributed by atoms with Crippen molar-refractivity contribution in [1.29, 1.82) is 0 Å². The second kappa shape index (κ2) is 7.26. The quantitative estimate of drug-likeness (QED) is 0.860. The molecule has 1 N–H and O–H groups in total. The van der Waals surface area contributed by atoms with E-state index in [1.807, 2.05) is 6.92 Å². The average Bonchev–Trinajstić information content (AvgIpc) is 2.35. The number of benzene rings is 1. The molecule has 0 saturated heterocycles. The Bertz CT molecular complexity index is 437. The molecule has 1 rings (SSSR count). The van der Waals surface area contributed by atoms with Crippen molar-refractivity contribution in [1.82, 2.24) is 5.32 Å². The predicted molar refractivity (Wildman–Crippen MR) is 71.0 cm³/mol. The predicted octanol–water partition coefficient (Wildman–Crippen LogP) is 1.99. The highest BCUT2D eigenvalue weighted by Crippen LogP contribution is 2.09. The summed E-state index contributed by atoms with van der Waals surface area (Å²) in [7, 11) is -1.34. The Hall–Kier alpha value is -1.23. The van der Waals surface area contributed by atoms with Crippen molar-refractivity contribution in [2.24, 2.45) is 0 Å². The molecule has 0 fully saturated rings. The molecular weight excluding hydrogens is 253 g/mol.